The van der Waals surface area contributed by atoms with E-state index in [1.807, 2.05) is 62.9 Å². The van der Waals surface area contributed by atoms with E-state index in [9.17, 15) is 14.7 Å². The van der Waals surface area contributed by atoms with Crippen LogP contribution in [0.4, 0.5) is 5.69 Å². The van der Waals surface area contributed by atoms with Crippen LogP contribution >= 0.6 is 0 Å². The average Bonchev–Trinajstić information content (AvgIpc) is 2.94. The number of amides is 1. The summed E-state index contributed by atoms with van der Waals surface area (Å²) in [5.41, 5.74) is 6.84. The zero-order valence-electron chi connectivity index (χ0n) is 24.7. The molecule has 2 aliphatic heterocycles. The molecular formula is C35H41NO5. The molecule has 3 aromatic rings. The highest BCUT2D eigenvalue weighted by Crippen LogP contribution is 2.45. The minimum Gasteiger partial charge on any atom is -0.493 e. The van der Waals surface area contributed by atoms with Crippen molar-refractivity contribution in [3.8, 4) is 16.9 Å². The Morgan fingerprint density at radius 2 is 1.83 bits per heavy atom. The fourth-order valence-corrected chi connectivity index (χ4v) is 6.16. The third kappa shape index (κ3) is 6.48. The molecule has 1 N–H and O–H groups in total. The van der Waals surface area contributed by atoms with Gasteiger partial charge in [0, 0.05) is 24.2 Å². The van der Waals surface area contributed by atoms with Crippen molar-refractivity contribution in [3.05, 3.63) is 82.4 Å². The number of carboxylic acid groups (broad SMARTS) is 1. The third-order valence-electron chi connectivity index (χ3n) is 7.91. The Morgan fingerprint density at radius 3 is 2.56 bits per heavy atom. The molecule has 6 heteroatoms. The van der Waals surface area contributed by atoms with E-state index >= 15 is 0 Å². The summed E-state index contributed by atoms with van der Waals surface area (Å²) in [6, 6.07) is 18.5. The molecule has 1 atom stereocenters. The first-order valence-corrected chi connectivity index (χ1v) is 14.8. The first kappa shape index (κ1) is 28.9. The van der Waals surface area contributed by atoms with Crippen LogP contribution in [0.1, 0.15) is 80.4 Å². The molecule has 0 fully saturated rings. The Balaban J connectivity index is 1.57. The smallest absolute Gasteiger partial charge is 0.337 e. The maximum Gasteiger partial charge on any atom is 0.337 e. The highest BCUT2D eigenvalue weighted by molar-refractivity contribution is 5.97. The number of aliphatic carboxylic acids is 1. The molecule has 6 nitrogen and oxygen atoms in total. The number of anilines is 1. The summed E-state index contributed by atoms with van der Waals surface area (Å²) in [6.07, 6.45) is 4.23. The van der Waals surface area contributed by atoms with Gasteiger partial charge in [-0.1, -0.05) is 36.4 Å². The van der Waals surface area contributed by atoms with Crippen LogP contribution in [0.15, 0.2) is 54.6 Å². The van der Waals surface area contributed by atoms with Crippen LogP contribution in [0.2, 0.25) is 0 Å². The number of fused-ring (bicyclic) bond motifs is 2. The van der Waals surface area contributed by atoms with Crippen molar-refractivity contribution in [2.24, 2.45) is 0 Å². The molecule has 41 heavy (non-hydrogen) atoms. The van der Waals surface area contributed by atoms with Crippen molar-refractivity contribution < 1.29 is 24.2 Å². The number of benzene rings is 3. The topological polar surface area (TPSA) is 76.1 Å². The Morgan fingerprint density at radius 1 is 1.05 bits per heavy atom. The second kappa shape index (κ2) is 12.1. The maximum atomic E-state index is 13.6. The normalized spacial score (nSPS) is 15.5. The monoisotopic (exact) mass is 555 g/mol. The van der Waals surface area contributed by atoms with Gasteiger partial charge in [0.05, 0.1) is 12.2 Å². The Labute approximate surface area is 243 Å². The Hall–Kier alpha value is -3.64. The van der Waals surface area contributed by atoms with E-state index in [0.29, 0.717) is 31.6 Å². The lowest BCUT2D eigenvalue weighted by molar-refractivity contribution is -0.160. The largest absolute Gasteiger partial charge is 0.493 e. The molecule has 0 saturated heterocycles. The molecule has 2 aliphatic rings. The van der Waals surface area contributed by atoms with Crippen molar-refractivity contribution in [2.75, 3.05) is 18.1 Å². The average molecular weight is 556 g/mol. The van der Waals surface area contributed by atoms with Gasteiger partial charge in [-0.2, -0.15) is 0 Å². The number of nitrogens with zero attached hydrogens (tertiary/aromatic N) is 1. The number of ether oxygens (including phenoxy) is 2. The zero-order valence-corrected chi connectivity index (χ0v) is 24.7. The van der Waals surface area contributed by atoms with Gasteiger partial charge in [-0.25, -0.2) is 4.79 Å². The number of carbonyl (C=O) groups excluding carboxylic acids is 1. The van der Waals surface area contributed by atoms with Gasteiger partial charge < -0.3 is 19.5 Å². The molecule has 0 spiro atoms. The first-order chi connectivity index (χ1) is 19.6. The van der Waals surface area contributed by atoms with Crippen molar-refractivity contribution in [3.63, 3.8) is 0 Å². The highest BCUT2D eigenvalue weighted by Gasteiger charge is 2.36. The minimum atomic E-state index is -1.17. The lowest BCUT2D eigenvalue weighted by atomic mass is 9.83. The van der Waals surface area contributed by atoms with Crippen molar-refractivity contribution >= 4 is 17.6 Å². The van der Waals surface area contributed by atoms with Crippen LogP contribution in [-0.2, 0) is 33.6 Å². The number of rotatable bonds is 8. The summed E-state index contributed by atoms with van der Waals surface area (Å²) in [4.78, 5) is 28.3. The van der Waals surface area contributed by atoms with Crippen LogP contribution < -0.4 is 9.64 Å². The molecule has 3 aromatic carbocycles. The van der Waals surface area contributed by atoms with Gasteiger partial charge in [-0.05, 0) is 118 Å². The van der Waals surface area contributed by atoms with Crippen LogP contribution in [0.5, 0.6) is 5.75 Å². The number of hydrogen-bond acceptors (Lipinski definition) is 4. The number of aryl methyl sites for hydroxylation is 3. The maximum absolute atomic E-state index is 13.6. The van der Waals surface area contributed by atoms with Crippen LogP contribution in [0, 0.1) is 6.92 Å². The van der Waals surface area contributed by atoms with E-state index < -0.39 is 17.7 Å². The van der Waals surface area contributed by atoms with Gasteiger partial charge in [0.2, 0.25) is 5.91 Å². The van der Waals surface area contributed by atoms with Gasteiger partial charge in [0.1, 0.15) is 5.75 Å². The Kier molecular flexibility index (Phi) is 8.50. The number of carbonyl (C=O) groups is 2. The Bertz CT molecular complexity index is 1420. The first-order valence-electron chi connectivity index (χ1n) is 14.8. The molecule has 0 radical (unpaired) electrons. The molecule has 0 aromatic heterocycles. The minimum absolute atomic E-state index is 0.0783. The van der Waals surface area contributed by atoms with Gasteiger partial charge >= 0.3 is 5.97 Å². The van der Waals surface area contributed by atoms with Crippen molar-refractivity contribution in [1.82, 2.24) is 0 Å². The number of hydrogen-bond donors (Lipinski definition) is 1. The lowest BCUT2D eigenvalue weighted by Gasteiger charge is -2.35. The SMILES string of the molecule is Cc1cc2c(c(C(OC(C)(C)C)C(=O)O)c1-c1ccc3c(c1)CCCO3)CCCN2C(=O)CCCc1ccccc1. The molecule has 5 rings (SSSR count). The summed E-state index contributed by atoms with van der Waals surface area (Å²) < 4.78 is 12.1. The highest BCUT2D eigenvalue weighted by atomic mass is 16.5. The standard InChI is InChI=1S/C35H41NO5/c1-23-21-28-27(15-9-19-36(28)30(37)16-8-13-24-11-6-5-7-12-24)32(33(34(38)39)41-35(2,3)4)31(23)26-17-18-29-25(22-26)14-10-20-40-29/h5-7,11-12,17-18,21-22,33H,8-10,13-16,19-20H2,1-4H3,(H,38,39). The molecule has 216 valence electrons. The van der Waals surface area contributed by atoms with Crippen LogP contribution in [0.3, 0.4) is 0 Å². The lowest BCUT2D eigenvalue weighted by Crippen LogP contribution is -2.37. The van der Waals surface area contributed by atoms with Gasteiger partial charge in [-0.15, -0.1) is 0 Å². The fourth-order valence-electron chi connectivity index (χ4n) is 6.16. The predicted octanol–water partition coefficient (Wildman–Crippen LogP) is 7.23. The molecule has 1 unspecified atom stereocenters. The van der Waals surface area contributed by atoms with E-state index in [-0.39, 0.29) is 5.91 Å². The third-order valence-corrected chi connectivity index (χ3v) is 7.91. The van der Waals surface area contributed by atoms with Gasteiger partial charge in [0.25, 0.3) is 0 Å². The molecular weight excluding hydrogens is 514 g/mol. The quantitative estimate of drug-likeness (QED) is 0.317. The van der Waals surface area contributed by atoms with E-state index in [2.05, 4.69) is 24.3 Å². The fraction of sp³-hybridized carbons (Fsp3) is 0.429. The van der Waals surface area contributed by atoms with Crippen LogP contribution in [0.25, 0.3) is 11.1 Å². The molecule has 2 heterocycles. The second-order valence-corrected chi connectivity index (χ2v) is 12.2. The van der Waals surface area contributed by atoms with E-state index in [1.165, 1.54) is 5.56 Å². The molecule has 0 bridgehead atoms. The van der Waals surface area contributed by atoms with Crippen molar-refractivity contribution in [2.45, 2.75) is 84.3 Å². The summed E-state index contributed by atoms with van der Waals surface area (Å²) in [5, 5.41) is 10.5. The molecule has 0 saturated carbocycles. The zero-order chi connectivity index (χ0) is 29.1. The molecule has 1 amide bonds. The van der Waals surface area contributed by atoms with E-state index in [1.54, 1.807) is 0 Å². The molecule has 0 aliphatic carbocycles. The van der Waals surface area contributed by atoms with Crippen LogP contribution in [-0.4, -0.2) is 35.7 Å². The summed E-state index contributed by atoms with van der Waals surface area (Å²) >= 11 is 0. The second-order valence-electron chi connectivity index (χ2n) is 12.2. The van der Waals surface area contributed by atoms with Gasteiger partial charge in [-0.3, -0.25) is 4.79 Å². The van der Waals surface area contributed by atoms with Gasteiger partial charge in [0.15, 0.2) is 6.10 Å². The summed E-state index contributed by atoms with van der Waals surface area (Å²) in [7, 11) is 0. The van der Waals surface area contributed by atoms with E-state index in [0.717, 1.165) is 71.4 Å². The predicted molar refractivity (Wildman–Crippen MR) is 162 cm³/mol. The number of carboxylic acids is 1. The van der Waals surface area contributed by atoms with E-state index in [4.69, 9.17) is 9.47 Å². The summed E-state index contributed by atoms with van der Waals surface area (Å²) in [5.74, 6) is -0.0544. The summed E-state index contributed by atoms with van der Waals surface area (Å²) in [6.45, 7) is 8.99. The van der Waals surface area contributed by atoms with Crippen molar-refractivity contribution in [1.29, 1.82) is 0 Å².